The Bertz CT molecular complexity index is 769. The first-order valence-corrected chi connectivity index (χ1v) is 10.1. The largest absolute Gasteiger partial charge is 0.337 e. The summed E-state index contributed by atoms with van der Waals surface area (Å²) in [5.74, 6) is 2.15. The van der Waals surface area contributed by atoms with E-state index in [9.17, 15) is 4.79 Å². The van der Waals surface area contributed by atoms with Gasteiger partial charge in [-0.25, -0.2) is 4.98 Å². The lowest BCUT2D eigenvalue weighted by atomic mass is 10.0. The Hall–Kier alpha value is -2.21. The molecule has 0 bridgehead atoms. The summed E-state index contributed by atoms with van der Waals surface area (Å²) in [6, 6.07) is 8.12. The summed E-state index contributed by atoms with van der Waals surface area (Å²) in [7, 11) is 0. The van der Waals surface area contributed by atoms with Crippen molar-refractivity contribution < 1.29 is 4.79 Å². The number of aromatic nitrogens is 3. The molecule has 6 heteroatoms. The van der Waals surface area contributed by atoms with Crippen molar-refractivity contribution in [3.8, 4) is 11.4 Å². The fraction of sp³-hybridized carbons (Fsp3) is 0.571. The SMILES string of the molecule is CC(C)[C@H]1CN(C(=O)c2ccccc2-c2ncn[nH]2)CCCN1CC1CC1. The lowest BCUT2D eigenvalue weighted by Gasteiger charge is -2.34. The van der Waals surface area contributed by atoms with E-state index in [1.54, 1.807) is 0 Å². The summed E-state index contributed by atoms with van der Waals surface area (Å²) in [6.07, 6.45) is 5.25. The third-order valence-electron chi connectivity index (χ3n) is 5.82. The quantitative estimate of drug-likeness (QED) is 0.882. The van der Waals surface area contributed by atoms with Gasteiger partial charge in [0.2, 0.25) is 0 Å². The molecule has 2 fully saturated rings. The summed E-state index contributed by atoms with van der Waals surface area (Å²) in [4.78, 5) is 22.4. The van der Waals surface area contributed by atoms with Gasteiger partial charge in [0.05, 0.1) is 5.56 Å². The zero-order chi connectivity index (χ0) is 18.8. The van der Waals surface area contributed by atoms with E-state index in [1.165, 1.54) is 25.7 Å². The molecule has 1 aromatic carbocycles. The van der Waals surface area contributed by atoms with Crippen molar-refractivity contribution in [1.29, 1.82) is 0 Å². The van der Waals surface area contributed by atoms with Gasteiger partial charge in [-0.15, -0.1) is 0 Å². The van der Waals surface area contributed by atoms with Crippen molar-refractivity contribution >= 4 is 5.91 Å². The minimum atomic E-state index is 0.0981. The van der Waals surface area contributed by atoms with Gasteiger partial charge in [0, 0.05) is 37.8 Å². The average Bonchev–Trinajstić information content (AvgIpc) is 3.38. The van der Waals surface area contributed by atoms with Gasteiger partial charge in [0.15, 0.2) is 5.82 Å². The molecule has 0 unspecified atom stereocenters. The summed E-state index contributed by atoms with van der Waals surface area (Å²) < 4.78 is 0. The molecule has 144 valence electrons. The number of hydrogen-bond acceptors (Lipinski definition) is 4. The highest BCUT2D eigenvalue weighted by Crippen LogP contribution is 2.32. The van der Waals surface area contributed by atoms with Gasteiger partial charge in [-0.05, 0) is 37.2 Å². The standard InChI is InChI=1S/C21H29N5O/c1-15(2)19-13-26(11-5-10-25(19)12-16-8-9-16)21(27)18-7-4-3-6-17(18)20-22-14-23-24-20/h3-4,6-7,14-16,19H,5,8-13H2,1-2H3,(H,22,23,24)/t19-/m1/s1. The molecule has 2 aromatic rings. The van der Waals surface area contributed by atoms with Gasteiger partial charge in [-0.2, -0.15) is 5.10 Å². The maximum atomic E-state index is 13.4. The maximum Gasteiger partial charge on any atom is 0.254 e. The lowest BCUT2D eigenvalue weighted by molar-refractivity contribution is 0.0705. The highest BCUT2D eigenvalue weighted by atomic mass is 16.2. The number of hydrogen-bond donors (Lipinski definition) is 1. The molecule has 6 nitrogen and oxygen atoms in total. The third kappa shape index (κ3) is 4.05. The van der Waals surface area contributed by atoms with Gasteiger partial charge in [-0.1, -0.05) is 32.0 Å². The molecule has 1 aliphatic carbocycles. The number of carbonyl (C=O) groups excluding carboxylic acids is 1. The highest BCUT2D eigenvalue weighted by molar-refractivity contribution is 6.00. The van der Waals surface area contributed by atoms with Crippen molar-refractivity contribution in [3.05, 3.63) is 36.2 Å². The molecule has 1 N–H and O–H groups in total. The molecule has 1 amide bonds. The highest BCUT2D eigenvalue weighted by Gasteiger charge is 2.34. The van der Waals surface area contributed by atoms with Crippen LogP contribution in [0.25, 0.3) is 11.4 Å². The lowest BCUT2D eigenvalue weighted by Crippen LogP contribution is -2.46. The van der Waals surface area contributed by atoms with Crippen molar-refractivity contribution in [1.82, 2.24) is 25.0 Å². The molecule has 0 spiro atoms. The van der Waals surface area contributed by atoms with Crippen molar-refractivity contribution in [2.24, 2.45) is 11.8 Å². The molecule has 1 saturated heterocycles. The Labute approximate surface area is 161 Å². The minimum absolute atomic E-state index is 0.0981. The van der Waals surface area contributed by atoms with Gasteiger partial charge < -0.3 is 4.90 Å². The molecule has 2 heterocycles. The number of amides is 1. The van der Waals surface area contributed by atoms with Crippen molar-refractivity contribution in [3.63, 3.8) is 0 Å². The van der Waals surface area contributed by atoms with Crippen LogP contribution in [-0.4, -0.2) is 63.1 Å². The van der Waals surface area contributed by atoms with Crippen LogP contribution in [0, 0.1) is 11.8 Å². The summed E-state index contributed by atoms with van der Waals surface area (Å²) in [5, 5.41) is 6.82. The fourth-order valence-electron chi connectivity index (χ4n) is 4.12. The van der Waals surface area contributed by atoms with Crippen LogP contribution >= 0.6 is 0 Å². The number of H-pyrrole nitrogens is 1. The van der Waals surface area contributed by atoms with Gasteiger partial charge >= 0.3 is 0 Å². The molecular formula is C21H29N5O. The van der Waals surface area contributed by atoms with Crippen LogP contribution in [0.5, 0.6) is 0 Å². The molecule has 27 heavy (non-hydrogen) atoms. The van der Waals surface area contributed by atoms with E-state index in [-0.39, 0.29) is 5.91 Å². The van der Waals surface area contributed by atoms with Crippen LogP contribution in [0.3, 0.4) is 0 Å². The molecule has 1 aromatic heterocycles. The van der Waals surface area contributed by atoms with Gasteiger partial charge in [0.1, 0.15) is 6.33 Å². The summed E-state index contributed by atoms with van der Waals surface area (Å²) in [5.41, 5.74) is 1.52. The van der Waals surface area contributed by atoms with E-state index in [4.69, 9.17) is 0 Å². The Balaban J connectivity index is 1.57. The predicted molar refractivity (Wildman–Crippen MR) is 105 cm³/mol. The van der Waals surface area contributed by atoms with Crippen LogP contribution in [0.4, 0.5) is 0 Å². The second kappa shape index (κ2) is 7.80. The second-order valence-corrected chi connectivity index (χ2v) is 8.23. The molecule has 1 saturated carbocycles. The van der Waals surface area contributed by atoms with Crippen LogP contribution in [-0.2, 0) is 0 Å². The Morgan fingerprint density at radius 3 is 2.78 bits per heavy atom. The molecule has 1 aliphatic heterocycles. The number of benzene rings is 1. The number of nitrogens with one attached hydrogen (secondary N) is 1. The van der Waals surface area contributed by atoms with Gasteiger partial charge in [0.25, 0.3) is 5.91 Å². The van der Waals surface area contributed by atoms with E-state index >= 15 is 0 Å². The van der Waals surface area contributed by atoms with E-state index in [1.807, 2.05) is 29.2 Å². The third-order valence-corrected chi connectivity index (χ3v) is 5.82. The predicted octanol–water partition coefficient (Wildman–Crippen LogP) is 3.05. The first-order chi connectivity index (χ1) is 13.1. The molecule has 1 atom stereocenters. The Morgan fingerprint density at radius 2 is 2.07 bits per heavy atom. The van der Waals surface area contributed by atoms with Crippen LogP contribution in [0.15, 0.2) is 30.6 Å². The molecule has 0 radical (unpaired) electrons. The monoisotopic (exact) mass is 367 g/mol. The molecule has 2 aliphatic rings. The number of carbonyl (C=O) groups is 1. The minimum Gasteiger partial charge on any atom is -0.337 e. The van der Waals surface area contributed by atoms with E-state index in [0.29, 0.717) is 23.3 Å². The molecule has 4 rings (SSSR count). The number of rotatable bonds is 5. The van der Waals surface area contributed by atoms with E-state index < -0.39 is 0 Å². The zero-order valence-electron chi connectivity index (χ0n) is 16.3. The van der Waals surface area contributed by atoms with E-state index in [0.717, 1.165) is 37.5 Å². The molecular weight excluding hydrogens is 338 g/mol. The maximum absolute atomic E-state index is 13.4. The summed E-state index contributed by atoms with van der Waals surface area (Å²) in [6.45, 7) is 8.45. The first kappa shape index (κ1) is 18.2. The topological polar surface area (TPSA) is 65.1 Å². The van der Waals surface area contributed by atoms with Crippen molar-refractivity contribution in [2.45, 2.75) is 39.2 Å². The Morgan fingerprint density at radius 1 is 1.26 bits per heavy atom. The average molecular weight is 367 g/mol. The Kier molecular flexibility index (Phi) is 5.25. The smallest absolute Gasteiger partial charge is 0.254 e. The summed E-state index contributed by atoms with van der Waals surface area (Å²) >= 11 is 0. The van der Waals surface area contributed by atoms with Crippen LogP contribution < -0.4 is 0 Å². The fourth-order valence-corrected chi connectivity index (χ4v) is 4.12. The first-order valence-electron chi connectivity index (χ1n) is 10.1. The second-order valence-electron chi connectivity index (χ2n) is 8.23. The van der Waals surface area contributed by atoms with E-state index in [2.05, 4.69) is 33.9 Å². The van der Waals surface area contributed by atoms with Crippen LogP contribution in [0.1, 0.15) is 43.5 Å². The van der Waals surface area contributed by atoms with Crippen molar-refractivity contribution in [2.75, 3.05) is 26.2 Å². The van der Waals surface area contributed by atoms with Crippen LogP contribution in [0.2, 0.25) is 0 Å². The number of nitrogens with zero attached hydrogens (tertiary/aromatic N) is 4. The number of aromatic amines is 1. The normalized spacial score (nSPS) is 21.4. The zero-order valence-corrected chi connectivity index (χ0v) is 16.3. The van der Waals surface area contributed by atoms with Gasteiger partial charge in [-0.3, -0.25) is 14.8 Å².